The average Bonchev–Trinajstić information content (AvgIpc) is 2.42. The van der Waals surface area contributed by atoms with Crippen LogP contribution in [-0.2, 0) is 11.2 Å². The summed E-state index contributed by atoms with van der Waals surface area (Å²) in [6, 6.07) is 8.31. The van der Waals surface area contributed by atoms with E-state index >= 15 is 0 Å². The monoisotopic (exact) mass is 265 g/mol. The highest BCUT2D eigenvalue weighted by atomic mass is 16.5. The van der Waals surface area contributed by atoms with Crippen molar-refractivity contribution in [2.45, 2.75) is 32.2 Å². The lowest BCUT2D eigenvalue weighted by atomic mass is 10.0. The van der Waals surface area contributed by atoms with E-state index in [-0.39, 0.29) is 6.42 Å². The third kappa shape index (κ3) is 4.91. The number of hydrogen-bond acceptors (Lipinski definition) is 3. The first kappa shape index (κ1) is 15.5. The Labute approximate surface area is 115 Å². The largest absolute Gasteiger partial charge is 0.496 e. The molecule has 4 heteroatoms. The Hall–Kier alpha value is -1.55. The van der Waals surface area contributed by atoms with Crippen LogP contribution in [0.3, 0.4) is 0 Å². The summed E-state index contributed by atoms with van der Waals surface area (Å²) in [4.78, 5) is 12.7. The smallest absolute Gasteiger partial charge is 0.304 e. The highest BCUT2D eigenvalue weighted by molar-refractivity contribution is 5.66. The van der Waals surface area contributed by atoms with Crippen LogP contribution < -0.4 is 4.74 Å². The molecule has 0 radical (unpaired) electrons. The van der Waals surface area contributed by atoms with Gasteiger partial charge in [0.2, 0.25) is 0 Å². The number of ether oxygens (including phenoxy) is 1. The van der Waals surface area contributed by atoms with Crippen molar-refractivity contribution in [1.82, 2.24) is 4.90 Å². The van der Waals surface area contributed by atoms with Gasteiger partial charge in [-0.15, -0.1) is 0 Å². The van der Waals surface area contributed by atoms with Gasteiger partial charge in [-0.05, 0) is 31.5 Å². The zero-order valence-corrected chi connectivity index (χ0v) is 11.9. The molecule has 1 N–H and O–H groups in total. The summed E-state index contributed by atoms with van der Waals surface area (Å²) in [6.45, 7) is 2.69. The predicted octanol–water partition coefficient (Wildman–Crippen LogP) is 2.42. The van der Waals surface area contributed by atoms with Crippen molar-refractivity contribution in [3.8, 4) is 5.75 Å². The molecule has 0 saturated heterocycles. The first-order chi connectivity index (χ1) is 9.08. The molecule has 0 fully saturated rings. The summed E-state index contributed by atoms with van der Waals surface area (Å²) in [6.07, 6.45) is 2.03. The number of methoxy groups -OCH3 is 1. The molecule has 1 aromatic carbocycles. The fourth-order valence-corrected chi connectivity index (χ4v) is 2.19. The van der Waals surface area contributed by atoms with Crippen molar-refractivity contribution in [2.75, 3.05) is 20.7 Å². The molecule has 0 aliphatic heterocycles. The summed E-state index contributed by atoms with van der Waals surface area (Å²) in [7, 11) is 3.65. The van der Waals surface area contributed by atoms with E-state index in [1.54, 1.807) is 7.11 Å². The predicted molar refractivity (Wildman–Crippen MR) is 75.7 cm³/mol. The van der Waals surface area contributed by atoms with Gasteiger partial charge < -0.3 is 14.7 Å². The molecule has 1 unspecified atom stereocenters. The quantitative estimate of drug-likeness (QED) is 0.784. The van der Waals surface area contributed by atoms with Gasteiger partial charge in [0.25, 0.3) is 0 Å². The van der Waals surface area contributed by atoms with E-state index in [9.17, 15) is 4.79 Å². The normalized spacial score (nSPS) is 12.4. The van der Waals surface area contributed by atoms with Crippen LogP contribution in [0.15, 0.2) is 24.3 Å². The molecule has 0 aliphatic rings. The SMILES string of the molecule is CCC(Cc1ccccc1OC)N(C)CCC(=O)O. The van der Waals surface area contributed by atoms with Crippen LogP contribution in [0.2, 0.25) is 0 Å². The Morgan fingerprint density at radius 1 is 1.42 bits per heavy atom. The van der Waals surface area contributed by atoms with Crippen molar-refractivity contribution in [1.29, 1.82) is 0 Å². The summed E-state index contributed by atoms with van der Waals surface area (Å²) in [5.41, 5.74) is 1.17. The van der Waals surface area contributed by atoms with Crippen LogP contribution in [0.5, 0.6) is 5.75 Å². The lowest BCUT2D eigenvalue weighted by Crippen LogP contribution is -2.34. The standard InChI is InChI=1S/C15H23NO3/c1-4-13(16(2)10-9-15(17)18)11-12-7-5-6-8-14(12)19-3/h5-8,13H,4,9-11H2,1-3H3,(H,17,18). The van der Waals surface area contributed by atoms with Crippen LogP contribution in [0.1, 0.15) is 25.3 Å². The van der Waals surface area contributed by atoms with Crippen LogP contribution in [0.4, 0.5) is 0 Å². The molecule has 0 bridgehead atoms. The lowest BCUT2D eigenvalue weighted by molar-refractivity contribution is -0.137. The van der Waals surface area contributed by atoms with Crippen LogP contribution in [0.25, 0.3) is 0 Å². The van der Waals surface area contributed by atoms with Gasteiger partial charge in [-0.2, -0.15) is 0 Å². The maximum atomic E-state index is 10.6. The molecule has 1 atom stereocenters. The molecule has 106 valence electrons. The van der Waals surface area contributed by atoms with Gasteiger partial charge in [0.1, 0.15) is 5.75 Å². The second kappa shape index (κ2) is 7.79. The molecule has 1 rings (SSSR count). The number of para-hydroxylation sites is 1. The van der Waals surface area contributed by atoms with Gasteiger partial charge in [-0.25, -0.2) is 0 Å². The zero-order valence-electron chi connectivity index (χ0n) is 11.9. The van der Waals surface area contributed by atoms with Crippen molar-refractivity contribution in [3.63, 3.8) is 0 Å². The molecular formula is C15H23NO3. The van der Waals surface area contributed by atoms with E-state index < -0.39 is 5.97 Å². The first-order valence-corrected chi connectivity index (χ1v) is 6.62. The molecule has 0 spiro atoms. The fourth-order valence-electron chi connectivity index (χ4n) is 2.19. The summed E-state index contributed by atoms with van der Waals surface area (Å²) < 4.78 is 5.36. The Bertz CT molecular complexity index is 406. The number of aliphatic carboxylic acids is 1. The molecule has 0 aromatic heterocycles. The number of likely N-dealkylation sites (N-methyl/N-ethyl adjacent to an activating group) is 1. The van der Waals surface area contributed by atoms with E-state index in [0.29, 0.717) is 12.6 Å². The van der Waals surface area contributed by atoms with Crippen molar-refractivity contribution in [3.05, 3.63) is 29.8 Å². The van der Waals surface area contributed by atoms with E-state index in [0.717, 1.165) is 18.6 Å². The molecule has 19 heavy (non-hydrogen) atoms. The fraction of sp³-hybridized carbons (Fsp3) is 0.533. The number of carboxylic acid groups (broad SMARTS) is 1. The third-order valence-corrected chi connectivity index (χ3v) is 3.42. The summed E-state index contributed by atoms with van der Waals surface area (Å²) >= 11 is 0. The maximum Gasteiger partial charge on any atom is 0.304 e. The van der Waals surface area contributed by atoms with E-state index in [4.69, 9.17) is 9.84 Å². The number of carboxylic acids is 1. The minimum absolute atomic E-state index is 0.179. The Kier molecular flexibility index (Phi) is 6.36. The summed E-state index contributed by atoms with van der Waals surface area (Å²) in [5, 5.41) is 8.74. The lowest BCUT2D eigenvalue weighted by Gasteiger charge is -2.27. The minimum atomic E-state index is -0.751. The minimum Gasteiger partial charge on any atom is -0.496 e. The van der Waals surface area contributed by atoms with Crippen molar-refractivity contribution in [2.24, 2.45) is 0 Å². The molecule has 0 saturated carbocycles. The second-order valence-corrected chi connectivity index (χ2v) is 4.70. The van der Waals surface area contributed by atoms with E-state index in [1.807, 2.05) is 25.2 Å². The number of benzene rings is 1. The number of hydrogen-bond donors (Lipinski definition) is 1. The second-order valence-electron chi connectivity index (χ2n) is 4.70. The number of nitrogens with zero attached hydrogens (tertiary/aromatic N) is 1. The Morgan fingerprint density at radius 3 is 2.68 bits per heavy atom. The zero-order chi connectivity index (χ0) is 14.3. The van der Waals surface area contributed by atoms with Crippen LogP contribution in [0, 0.1) is 0 Å². The Balaban J connectivity index is 2.67. The molecule has 0 aliphatic carbocycles. The molecular weight excluding hydrogens is 242 g/mol. The maximum absolute atomic E-state index is 10.6. The van der Waals surface area contributed by atoms with Gasteiger partial charge >= 0.3 is 5.97 Å². The van der Waals surface area contributed by atoms with Gasteiger partial charge in [0.15, 0.2) is 0 Å². The van der Waals surface area contributed by atoms with Gasteiger partial charge in [0.05, 0.1) is 13.5 Å². The highest BCUT2D eigenvalue weighted by Gasteiger charge is 2.16. The van der Waals surface area contributed by atoms with Crippen LogP contribution >= 0.6 is 0 Å². The topological polar surface area (TPSA) is 49.8 Å². The van der Waals surface area contributed by atoms with E-state index in [1.165, 1.54) is 5.56 Å². The highest BCUT2D eigenvalue weighted by Crippen LogP contribution is 2.21. The van der Waals surface area contributed by atoms with Crippen molar-refractivity contribution < 1.29 is 14.6 Å². The first-order valence-electron chi connectivity index (χ1n) is 6.62. The average molecular weight is 265 g/mol. The molecule has 0 heterocycles. The number of carbonyl (C=O) groups is 1. The third-order valence-electron chi connectivity index (χ3n) is 3.42. The van der Waals surface area contributed by atoms with Crippen molar-refractivity contribution >= 4 is 5.97 Å². The molecule has 1 aromatic rings. The van der Waals surface area contributed by atoms with E-state index in [2.05, 4.69) is 17.9 Å². The Morgan fingerprint density at radius 2 is 2.11 bits per heavy atom. The van der Waals surface area contributed by atoms with Gasteiger partial charge in [-0.3, -0.25) is 4.79 Å². The van der Waals surface area contributed by atoms with Crippen LogP contribution in [-0.4, -0.2) is 42.7 Å². The summed E-state index contributed by atoms with van der Waals surface area (Å²) in [5.74, 6) is 0.145. The number of rotatable bonds is 8. The molecule has 4 nitrogen and oxygen atoms in total. The van der Waals surface area contributed by atoms with Gasteiger partial charge in [0, 0.05) is 12.6 Å². The van der Waals surface area contributed by atoms with Gasteiger partial charge in [-0.1, -0.05) is 25.1 Å². The molecule has 0 amide bonds.